The summed E-state index contributed by atoms with van der Waals surface area (Å²) in [6.45, 7) is 1.69. The Morgan fingerprint density at radius 2 is 1.83 bits per heavy atom. The molecule has 3 aromatic rings. The lowest BCUT2D eigenvalue weighted by atomic mass is 10.2. The second-order valence-corrected chi connectivity index (χ2v) is 10.3. The van der Waals surface area contributed by atoms with Crippen LogP contribution < -0.4 is 15.0 Å². The molecule has 0 radical (unpaired) electrons. The maximum Gasteiger partial charge on any atom is 0.270 e. The topological polar surface area (TPSA) is 58.6 Å². The summed E-state index contributed by atoms with van der Waals surface area (Å²) in [6, 6.07) is 17.4. The molecule has 1 fully saturated rings. The van der Waals surface area contributed by atoms with Gasteiger partial charge in [0.25, 0.3) is 11.8 Å². The highest BCUT2D eigenvalue weighted by atomic mass is 35.5. The van der Waals surface area contributed by atoms with Crippen molar-refractivity contribution in [3.8, 4) is 5.75 Å². The number of rotatable bonds is 6. The van der Waals surface area contributed by atoms with Crippen LogP contribution in [-0.4, -0.2) is 22.7 Å². The summed E-state index contributed by atoms with van der Waals surface area (Å²) in [7, 11) is 0. The highest BCUT2D eigenvalue weighted by Gasteiger charge is 2.33. The van der Waals surface area contributed by atoms with Crippen LogP contribution in [0.3, 0.4) is 0 Å². The average molecular weight is 564 g/mol. The van der Waals surface area contributed by atoms with Crippen LogP contribution in [0, 0.1) is 6.92 Å². The number of anilines is 2. The van der Waals surface area contributed by atoms with Gasteiger partial charge in [0.15, 0.2) is 10.9 Å². The minimum absolute atomic E-state index is 0.208. The third-order valence-electron chi connectivity index (χ3n) is 4.98. The predicted molar refractivity (Wildman–Crippen MR) is 149 cm³/mol. The Morgan fingerprint density at radius 3 is 2.54 bits per heavy atom. The van der Waals surface area contributed by atoms with E-state index in [2.05, 4.69) is 5.32 Å². The lowest BCUT2D eigenvalue weighted by Gasteiger charge is -2.15. The smallest absolute Gasteiger partial charge is 0.270 e. The van der Waals surface area contributed by atoms with E-state index in [0.29, 0.717) is 36.4 Å². The SMILES string of the molecule is Cc1ccc(N2C(=O)/C(=C/c3ccc(OCC(=O)Nc4cccc(Cl)c4Cl)cc3)SC2=S)cc1Cl. The third-order valence-corrected chi connectivity index (χ3v) is 7.51. The number of benzene rings is 3. The minimum Gasteiger partial charge on any atom is -0.484 e. The van der Waals surface area contributed by atoms with E-state index in [1.807, 2.05) is 19.1 Å². The number of carbonyl (C=O) groups excluding carboxylic acids is 2. The zero-order valence-corrected chi connectivity index (χ0v) is 22.1. The number of hydrogen-bond donors (Lipinski definition) is 1. The van der Waals surface area contributed by atoms with Crippen LogP contribution in [0.2, 0.25) is 15.1 Å². The molecule has 35 heavy (non-hydrogen) atoms. The number of hydrogen-bond acceptors (Lipinski definition) is 5. The Hall–Kier alpha value is -2.55. The number of carbonyl (C=O) groups is 2. The maximum atomic E-state index is 13.0. The molecule has 178 valence electrons. The Bertz CT molecular complexity index is 1360. The first-order chi connectivity index (χ1) is 16.7. The fourth-order valence-electron chi connectivity index (χ4n) is 3.16. The van der Waals surface area contributed by atoms with Crippen molar-refractivity contribution < 1.29 is 14.3 Å². The second kappa shape index (κ2) is 11.0. The van der Waals surface area contributed by atoms with Gasteiger partial charge in [-0.15, -0.1) is 0 Å². The van der Waals surface area contributed by atoms with Gasteiger partial charge in [0.05, 0.1) is 26.3 Å². The van der Waals surface area contributed by atoms with Gasteiger partial charge in [-0.3, -0.25) is 14.5 Å². The van der Waals surface area contributed by atoms with Gasteiger partial charge >= 0.3 is 0 Å². The van der Waals surface area contributed by atoms with Crippen LogP contribution >= 0.6 is 58.8 Å². The first kappa shape index (κ1) is 25.5. The normalized spacial score (nSPS) is 14.5. The molecule has 0 bridgehead atoms. The van der Waals surface area contributed by atoms with Gasteiger partial charge in [-0.1, -0.05) is 83.0 Å². The number of thiocarbonyl (C=S) groups is 1. The van der Waals surface area contributed by atoms with Crippen molar-refractivity contribution in [3.63, 3.8) is 0 Å². The van der Waals surface area contributed by atoms with E-state index in [9.17, 15) is 9.59 Å². The number of thioether (sulfide) groups is 1. The lowest BCUT2D eigenvalue weighted by Crippen LogP contribution is -2.27. The standard InChI is InChI=1S/C25H17Cl3N2O3S2/c1-14-5-8-16(12-19(14)27)30-24(32)21(35-25(30)34)11-15-6-9-17(10-7-15)33-13-22(31)29-20-4-2-3-18(26)23(20)28/h2-12H,13H2,1H3,(H,29,31)/b21-11-. The fourth-order valence-corrected chi connectivity index (χ4v) is 4.98. The van der Waals surface area contributed by atoms with E-state index >= 15 is 0 Å². The molecule has 5 nitrogen and oxygen atoms in total. The number of aryl methyl sites for hydroxylation is 1. The van der Waals surface area contributed by atoms with Crippen LogP contribution in [0.5, 0.6) is 5.75 Å². The van der Waals surface area contributed by atoms with E-state index < -0.39 is 0 Å². The number of amides is 2. The predicted octanol–water partition coefficient (Wildman–Crippen LogP) is 7.38. The lowest BCUT2D eigenvalue weighted by molar-refractivity contribution is -0.118. The van der Waals surface area contributed by atoms with E-state index in [1.165, 1.54) is 16.7 Å². The molecular weight excluding hydrogens is 547 g/mol. The van der Waals surface area contributed by atoms with E-state index in [0.717, 1.165) is 11.1 Å². The summed E-state index contributed by atoms with van der Waals surface area (Å²) in [5.74, 6) is -0.0916. The zero-order valence-electron chi connectivity index (χ0n) is 18.2. The summed E-state index contributed by atoms with van der Waals surface area (Å²) < 4.78 is 5.98. The fraction of sp³-hybridized carbons (Fsp3) is 0.0800. The van der Waals surface area contributed by atoms with Gasteiger partial charge in [0.2, 0.25) is 0 Å². The monoisotopic (exact) mass is 562 g/mol. The quantitative estimate of drug-likeness (QED) is 0.250. The van der Waals surface area contributed by atoms with Gasteiger partial charge < -0.3 is 10.1 Å². The van der Waals surface area contributed by atoms with Crippen molar-refractivity contribution in [1.82, 2.24) is 0 Å². The van der Waals surface area contributed by atoms with Crippen molar-refractivity contribution >= 4 is 92.4 Å². The summed E-state index contributed by atoms with van der Waals surface area (Å²) in [5.41, 5.74) is 2.75. The molecule has 0 unspecified atom stereocenters. The van der Waals surface area contributed by atoms with Crippen LogP contribution in [-0.2, 0) is 9.59 Å². The van der Waals surface area contributed by atoms with Crippen molar-refractivity contribution in [1.29, 1.82) is 0 Å². The Balaban J connectivity index is 1.38. The Labute approximate surface area is 227 Å². The largest absolute Gasteiger partial charge is 0.484 e. The Kier molecular flexibility index (Phi) is 8.04. The number of nitrogens with zero attached hydrogens (tertiary/aromatic N) is 1. The molecule has 0 spiro atoms. The van der Waals surface area contributed by atoms with Crippen LogP contribution in [0.15, 0.2) is 65.6 Å². The van der Waals surface area contributed by atoms with E-state index in [4.69, 9.17) is 51.8 Å². The number of halogens is 3. The Morgan fingerprint density at radius 1 is 1.09 bits per heavy atom. The highest BCUT2D eigenvalue weighted by molar-refractivity contribution is 8.27. The molecule has 0 atom stereocenters. The van der Waals surface area contributed by atoms with Gasteiger partial charge in [0.1, 0.15) is 5.75 Å². The van der Waals surface area contributed by atoms with Crippen molar-refractivity contribution in [3.05, 3.63) is 91.8 Å². The van der Waals surface area contributed by atoms with Crippen LogP contribution in [0.25, 0.3) is 6.08 Å². The minimum atomic E-state index is -0.377. The number of nitrogens with one attached hydrogen (secondary N) is 1. The molecule has 1 saturated heterocycles. The molecule has 10 heteroatoms. The molecule has 2 amide bonds. The third kappa shape index (κ3) is 6.00. The molecule has 4 rings (SSSR count). The first-order valence-corrected chi connectivity index (χ1v) is 12.6. The molecule has 0 aliphatic carbocycles. The first-order valence-electron chi connectivity index (χ1n) is 10.2. The van der Waals surface area contributed by atoms with Crippen molar-refractivity contribution in [2.45, 2.75) is 6.92 Å². The van der Waals surface area contributed by atoms with Crippen LogP contribution in [0.1, 0.15) is 11.1 Å². The summed E-state index contributed by atoms with van der Waals surface area (Å²) in [6.07, 6.45) is 1.76. The zero-order chi connectivity index (χ0) is 25.1. The van der Waals surface area contributed by atoms with Gasteiger partial charge in [-0.25, -0.2) is 0 Å². The molecule has 3 aromatic carbocycles. The summed E-state index contributed by atoms with van der Waals surface area (Å²) >= 11 is 24.9. The van der Waals surface area contributed by atoms with Gasteiger partial charge in [-0.2, -0.15) is 0 Å². The van der Waals surface area contributed by atoms with Crippen molar-refractivity contribution in [2.75, 3.05) is 16.8 Å². The van der Waals surface area contributed by atoms with E-state index in [1.54, 1.807) is 54.6 Å². The molecule has 0 saturated carbocycles. The molecule has 0 aromatic heterocycles. The summed E-state index contributed by atoms with van der Waals surface area (Å²) in [5, 5.41) is 3.84. The maximum absolute atomic E-state index is 13.0. The second-order valence-electron chi connectivity index (χ2n) is 7.46. The highest BCUT2D eigenvalue weighted by Crippen LogP contribution is 2.37. The molecule has 1 aliphatic heterocycles. The molecule has 1 aliphatic rings. The van der Waals surface area contributed by atoms with Crippen LogP contribution in [0.4, 0.5) is 11.4 Å². The summed E-state index contributed by atoms with van der Waals surface area (Å²) in [4.78, 5) is 27.1. The molecule has 1 heterocycles. The number of ether oxygens (including phenoxy) is 1. The van der Waals surface area contributed by atoms with Gasteiger partial charge in [-0.05, 0) is 60.5 Å². The molecular formula is C25H17Cl3N2O3S2. The average Bonchev–Trinajstić information content (AvgIpc) is 3.11. The van der Waals surface area contributed by atoms with E-state index in [-0.39, 0.29) is 23.4 Å². The van der Waals surface area contributed by atoms with Crippen molar-refractivity contribution in [2.24, 2.45) is 0 Å². The van der Waals surface area contributed by atoms with Gasteiger partial charge in [0, 0.05) is 5.02 Å². The molecule has 1 N–H and O–H groups in total.